The maximum Gasteiger partial charge on any atom is 0.322 e. The molecule has 0 aliphatic carbocycles. The number of halogens is 1. The molecule has 1 fully saturated rings. The van der Waals surface area contributed by atoms with Gasteiger partial charge in [0.1, 0.15) is 6.04 Å². The molecule has 1 heterocycles. The Balaban J connectivity index is 2.08. The van der Waals surface area contributed by atoms with Gasteiger partial charge in [-0.1, -0.05) is 17.7 Å². The number of amides is 3. The second-order valence-electron chi connectivity index (χ2n) is 4.47. The number of benzene rings is 1. The number of nitrogens with zero attached hydrogens (tertiary/aromatic N) is 1. The Kier molecular flexibility index (Phi) is 4.81. The Morgan fingerprint density at radius 3 is 2.95 bits per heavy atom. The molecule has 20 heavy (non-hydrogen) atoms. The second-order valence-corrected chi connectivity index (χ2v) is 4.90. The standard InChI is InChI=1S/C13H17ClN4O2/c1-15-12(19)11-8-16-5-6-18(11)13(20)17-10-4-2-3-9(14)7-10/h2-4,7,11,16H,5-6,8H2,1H3,(H,15,19)(H,17,20). The van der Waals surface area contributed by atoms with Gasteiger partial charge in [-0.25, -0.2) is 4.79 Å². The molecule has 108 valence electrons. The molecule has 1 aliphatic heterocycles. The van der Waals surface area contributed by atoms with Gasteiger partial charge in [-0.3, -0.25) is 4.79 Å². The van der Waals surface area contributed by atoms with Gasteiger partial charge in [0.15, 0.2) is 0 Å². The number of hydrogen-bond donors (Lipinski definition) is 3. The molecule has 0 saturated carbocycles. The van der Waals surface area contributed by atoms with E-state index in [0.717, 1.165) is 0 Å². The number of rotatable bonds is 2. The second kappa shape index (κ2) is 6.58. The molecule has 0 bridgehead atoms. The van der Waals surface area contributed by atoms with E-state index in [0.29, 0.717) is 30.3 Å². The molecule has 6 nitrogen and oxygen atoms in total. The Bertz CT molecular complexity index is 509. The highest BCUT2D eigenvalue weighted by Gasteiger charge is 2.31. The third-order valence-corrected chi connectivity index (χ3v) is 3.36. The van der Waals surface area contributed by atoms with Crippen LogP contribution in [0, 0.1) is 0 Å². The molecule has 1 aliphatic rings. The molecule has 0 spiro atoms. The molecule has 7 heteroatoms. The molecule has 0 radical (unpaired) electrons. The van der Waals surface area contributed by atoms with Gasteiger partial charge in [-0.2, -0.15) is 0 Å². The number of carbonyl (C=O) groups is 2. The van der Waals surface area contributed by atoms with Gasteiger partial charge in [0, 0.05) is 37.4 Å². The maximum absolute atomic E-state index is 12.3. The van der Waals surface area contributed by atoms with Crippen molar-refractivity contribution in [1.29, 1.82) is 0 Å². The number of hydrogen-bond acceptors (Lipinski definition) is 3. The van der Waals surface area contributed by atoms with Crippen molar-refractivity contribution in [1.82, 2.24) is 15.5 Å². The van der Waals surface area contributed by atoms with Crippen LogP contribution in [-0.4, -0.2) is 49.6 Å². The van der Waals surface area contributed by atoms with Gasteiger partial charge in [-0.15, -0.1) is 0 Å². The first kappa shape index (κ1) is 14.6. The van der Waals surface area contributed by atoms with E-state index in [4.69, 9.17) is 11.6 Å². The highest BCUT2D eigenvalue weighted by Crippen LogP contribution is 2.16. The van der Waals surface area contributed by atoms with Crippen molar-refractivity contribution < 1.29 is 9.59 Å². The summed E-state index contributed by atoms with van der Waals surface area (Å²) in [5.41, 5.74) is 0.608. The van der Waals surface area contributed by atoms with E-state index in [1.54, 1.807) is 31.3 Å². The first-order valence-corrected chi connectivity index (χ1v) is 6.75. The van der Waals surface area contributed by atoms with Gasteiger partial charge in [0.25, 0.3) is 0 Å². The van der Waals surface area contributed by atoms with Crippen LogP contribution in [0.1, 0.15) is 0 Å². The molecule has 1 aromatic carbocycles. The SMILES string of the molecule is CNC(=O)C1CNCCN1C(=O)Nc1cccc(Cl)c1. The van der Waals surface area contributed by atoms with E-state index in [9.17, 15) is 9.59 Å². The van der Waals surface area contributed by atoms with E-state index >= 15 is 0 Å². The molecule has 1 aromatic rings. The normalized spacial score (nSPS) is 18.5. The fourth-order valence-electron chi connectivity index (χ4n) is 2.11. The number of piperazine rings is 1. The van der Waals surface area contributed by atoms with Gasteiger partial charge in [0.2, 0.25) is 5.91 Å². The first-order chi connectivity index (χ1) is 9.61. The van der Waals surface area contributed by atoms with Crippen molar-refractivity contribution >= 4 is 29.2 Å². The van der Waals surface area contributed by atoms with E-state index in [-0.39, 0.29) is 11.9 Å². The van der Waals surface area contributed by atoms with E-state index in [2.05, 4.69) is 16.0 Å². The van der Waals surface area contributed by atoms with Crippen LogP contribution in [-0.2, 0) is 4.79 Å². The van der Waals surface area contributed by atoms with E-state index in [1.165, 1.54) is 4.90 Å². The molecule has 2 rings (SSSR count). The maximum atomic E-state index is 12.3. The summed E-state index contributed by atoms with van der Waals surface area (Å²) in [7, 11) is 1.56. The van der Waals surface area contributed by atoms with Crippen LogP contribution in [0.2, 0.25) is 5.02 Å². The van der Waals surface area contributed by atoms with Crippen LogP contribution in [0.15, 0.2) is 24.3 Å². The summed E-state index contributed by atoms with van der Waals surface area (Å²) in [6.45, 7) is 1.59. The van der Waals surface area contributed by atoms with Crippen LogP contribution in [0.3, 0.4) is 0 Å². The Morgan fingerprint density at radius 2 is 2.25 bits per heavy atom. The van der Waals surface area contributed by atoms with Crippen LogP contribution in [0.5, 0.6) is 0 Å². The highest BCUT2D eigenvalue weighted by molar-refractivity contribution is 6.30. The number of carbonyl (C=O) groups excluding carboxylic acids is 2. The molecule has 3 amide bonds. The van der Waals surface area contributed by atoms with E-state index < -0.39 is 6.04 Å². The van der Waals surface area contributed by atoms with Crippen LogP contribution < -0.4 is 16.0 Å². The largest absolute Gasteiger partial charge is 0.357 e. The summed E-state index contributed by atoms with van der Waals surface area (Å²) in [6, 6.07) is 6.09. The third-order valence-electron chi connectivity index (χ3n) is 3.13. The fourth-order valence-corrected chi connectivity index (χ4v) is 2.30. The molecule has 1 atom stereocenters. The summed E-state index contributed by atoms with van der Waals surface area (Å²) < 4.78 is 0. The monoisotopic (exact) mass is 296 g/mol. The minimum atomic E-state index is -0.507. The average molecular weight is 297 g/mol. The molecule has 1 unspecified atom stereocenters. The van der Waals surface area contributed by atoms with Gasteiger partial charge in [0.05, 0.1) is 0 Å². The smallest absolute Gasteiger partial charge is 0.322 e. The lowest BCUT2D eigenvalue weighted by Gasteiger charge is -2.34. The minimum Gasteiger partial charge on any atom is -0.357 e. The quantitative estimate of drug-likeness (QED) is 0.759. The minimum absolute atomic E-state index is 0.182. The van der Waals surface area contributed by atoms with Crippen LogP contribution in [0.4, 0.5) is 10.5 Å². The van der Waals surface area contributed by atoms with Gasteiger partial charge >= 0.3 is 6.03 Å². The van der Waals surface area contributed by atoms with Crippen LogP contribution in [0.25, 0.3) is 0 Å². The summed E-state index contributed by atoms with van der Waals surface area (Å²) in [5.74, 6) is -0.182. The van der Waals surface area contributed by atoms with Crippen molar-refractivity contribution in [3.05, 3.63) is 29.3 Å². The molecule has 3 N–H and O–H groups in total. The molecular weight excluding hydrogens is 280 g/mol. The predicted molar refractivity (Wildman–Crippen MR) is 77.9 cm³/mol. The third kappa shape index (κ3) is 3.40. The predicted octanol–water partition coefficient (Wildman–Crippen LogP) is 0.892. The van der Waals surface area contributed by atoms with Gasteiger partial charge < -0.3 is 20.9 Å². The summed E-state index contributed by atoms with van der Waals surface area (Å²) in [6.07, 6.45) is 0. The number of urea groups is 1. The Morgan fingerprint density at radius 1 is 1.45 bits per heavy atom. The zero-order chi connectivity index (χ0) is 14.5. The number of nitrogens with one attached hydrogen (secondary N) is 3. The van der Waals surface area contributed by atoms with Gasteiger partial charge in [-0.05, 0) is 18.2 Å². The van der Waals surface area contributed by atoms with E-state index in [1.807, 2.05) is 0 Å². The lowest BCUT2D eigenvalue weighted by molar-refractivity contribution is -0.125. The summed E-state index contributed by atoms with van der Waals surface area (Å²) in [5, 5.41) is 8.98. The lowest BCUT2D eigenvalue weighted by Crippen LogP contribution is -2.60. The molecular formula is C13H17ClN4O2. The number of anilines is 1. The zero-order valence-electron chi connectivity index (χ0n) is 11.1. The van der Waals surface area contributed by atoms with Crippen molar-refractivity contribution in [3.8, 4) is 0 Å². The van der Waals surface area contributed by atoms with Crippen molar-refractivity contribution in [3.63, 3.8) is 0 Å². The zero-order valence-corrected chi connectivity index (χ0v) is 11.9. The highest BCUT2D eigenvalue weighted by atomic mass is 35.5. The van der Waals surface area contributed by atoms with Crippen LogP contribution >= 0.6 is 11.6 Å². The lowest BCUT2D eigenvalue weighted by atomic mass is 10.2. The molecule has 1 saturated heterocycles. The van der Waals surface area contributed by atoms with Crippen molar-refractivity contribution in [2.75, 3.05) is 32.0 Å². The Hall–Kier alpha value is -1.79. The van der Waals surface area contributed by atoms with Crippen molar-refractivity contribution in [2.24, 2.45) is 0 Å². The first-order valence-electron chi connectivity index (χ1n) is 6.37. The number of likely N-dealkylation sites (N-methyl/N-ethyl adjacent to an activating group) is 1. The Labute approximate surface area is 122 Å². The van der Waals surface area contributed by atoms with Crippen molar-refractivity contribution in [2.45, 2.75) is 6.04 Å². The molecule has 0 aromatic heterocycles. The summed E-state index contributed by atoms with van der Waals surface area (Å²) >= 11 is 5.88. The summed E-state index contributed by atoms with van der Waals surface area (Å²) in [4.78, 5) is 25.6. The topological polar surface area (TPSA) is 73.5 Å². The fraction of sp³-hybridized carbons (Fsp3) is 0.385. The average Bonchev–Trinajstić information content (AvgIpc) is 2.46.